The van der Waals surface area contributed by atoms with Crippen LogP contribution in [0.3, 0.4) is 0 Å². The third kappa shape index (κ3) is 3.35. The van der Waals surface area contributed by atoms with Crippen molar-refractivity contribution in [3.63, 3.8) is 0 Å². The third-order valence-corrected chi connectivity index (χ3v) is 5.66. The van der Waals surface area contributed by atoms with E-state index in [4.69, 9.17) is 0 Å². The summed E-state index contributed by atoms with van der Waals surface area (Å²) in [7, 11) is 0. The van der Waals surface area contributed by atoms with Gasteiger partial charge in [-0.15, -0.1) is 0 Å². The van der Waals surface area contributed by atoms with Crippen LogP contribution < -0.4 is 0 Å². The molecule has 1 heteroatoms. The van der Waals surface area contributed by atoms with Crippen molar-refractivity contribution in [2.24, 2.45) is 10.8 Å². The Kier molecular flexibility index (Phi) is 4.09. The van der Waals surface area contributed by atoms with E-state index in [-0.39, 0.29) is 0 Å². The highest BCUT2D eigenvalue weighted by Crippen LogP contribution is 2.50. The molecule has 0 aromatic heterocycles. The maximum absolute atomic E-state index is 2.80. The van der Waals surface area contributed by atoms with Gasteiger partial charge in [0.1, 0.15) is 0 Å². The molecule has 1 aliphatic carbocycles. The van der Waals surface area contributed by atoms with Crippen LogP contribution in [0.2, 0.25) is 0 Å². The van der Waals surface area contributed by atoms with Crippen LogP contribution in [0.25, 0.3) is 0 Å². The van der Waals surface area contributed by atoms with Crippen LogP contribution in [-0.4, -0.2) is 23.0 Å². The first-order valence-electron chi connectivity index (χ1n) is 8.41. The number of likely N-dealkylation sites (tertiary alicyclic amines) is 1. The van der Waals surface area contributed by atoms with Gasteiger partial charge in [0, 0.05) is 11.6 Å². The molecule has 1 heterocycles. The molecule has 2 aliphatic rings. The summed E-state index contributed by atoms with van der Waals surface area (Å²) in [5.74, 6) is 0. The second-order valence-corrected chi connectivity index (χ2v) is 9.26. The van der Waals surface area contributed by atoms with Gasteiger partial charge in [-0.1, -0.05) is 40.0 Å². The molecular weight excluding hydrogens is 230 g/mol. The van der Waals surface area contributed by atoms with Gasteiger partial charge in [-0.3, -0.25) is 4.90 Å². The SMILES string of the molecule is CC(C)(C)C1CC2(CCCCC2)CCN1C(C)(C)C. The fourth-order valence-corrected chi connectivity index (χ4v) is 4.47. The van der Waals surface area contributed by atoms with Crippen molar-refractivity contribution < 1.29 is 0 Å². The predicted octanol–water partition coefficient (Wildman–Crippen LogP) is 5.25. The molecule has 0 radical (unpaired) electrons. The van der Waals surface area contributed by atoms with Crippen molar-refractivity contribution in [2.75, 3.05) is 6.54 Å². The molecule has 0 amide bonds. The summed E-state index contributed by atoms with van der Waals surface area (Å²) < 4.78 is 0. The molecule has 1 saturated heterocycles. The van der Waals surface area contributed by atoms with Gasteiger partial charge in [-0.2, -0.15) is 0 Å². The first-order valence-corrected chi connectivity index (χ1v) is 8.41. The summed E-state index contributed by atoms with van der Waals surface area (Å²) >= 11 is 0. The molecule has 0 aromatic rings. The number of piperidine rings is 1. The Morgan fingerprint density at radius 3 is 1.89 bits per heavy atom. The van der Waals surface area contributed by atoms with Crippen LogP contribution in [0.15, 0.2) is 0 Å². The lowest BCUT2D eigenvalue weighted by molar-refractivity contribution is -0.0638. The van der Waals surface area contributed by atoms with Crippen LogP contribution in [0.4, 0.5) is 0 Å². The van der Waals surface area contributed by atoms with Crippen molar-refractivity contribution in [3.05, 3.63) is 0 Å². The molecule has 112 valence electrons. The van der Waals surface area contributed by atoms with E-state index in [2.05, 4.69) is 46.4 Å². The predicted molar refractivity (Wildman–Crippen MR) is 84.5 cm³/mol. The van der Waals surface area contributed by atoms with Gasteiger partial charge in [-0.05, 0) is 63.8 Å². The Bertz CT molecular complexity index is 299. The first-order chi connectivity index (χ1) is 8.64. The van der Waals surface area contributed by atoms with Crippen molar-refractivity contribution in [2.45, 2.75) is 98.1 Å². The molecule has 0 bridgehead atoms. The van der Waals surface area contributed by atoms with Crippen LogP contribution in [0.5, 0.6) is 0 Å². The molecule has 1 aliphatic heterocycles. The van der Waals surface area contributed by atoms with Gasteiger partial charge < -0.3 is 0 Å². The van der Waals surface area contributed by atoms with Gasteiger partial charge in [0.15, 0.2) is 0 Å². The van der Waals surface area contributed by atoms with E-state index in [9.17, 15) is 0 Å². The zero-order valence-corrected chi connectivity index (χ0v) is 14.2. The van der Waals surface area contributed by atoms with Crippen molar-refractivity contribution in [1.29, 1.82) is 0 Å². The molecule has 1 spiro atoms. The summed E-state index contributed by atoms with van der Waals surface area (Å²) in [4.78, 5) is 2.80. The first kappa shape index (κ1) is 15.4. The fourth-order valence-electron chi connectivity index (χ4n) is 4.47. The lowest BCUT2D eigenvalue weighted by Crippen LogP contribution is -2.59. The normalized spacial score (nSPS) is 29.7. The number of rotatable bonds is 0. The van der Waals surface area contributed by atoms with E-state index in [1.165, 1.54) is 51.5 Å². The maximum atomic E-state index is 2.80. The Morgan fingerprint density at radius 1 is 0.842 bits per heavy atom. The molecule has 2 fully saturated rings. The topological polar surface area (TPSA) is 3.24 Å². The minimum atomic E-state index is 0.314. The average molecular weight is 265 g/mol. The van der Waals surface area contributed by atoms with E-state index in [0.717, 1.165) is 6.04 Å². The van der Waals surface area contributed by atoms with Gasteiger partial charge in [-0.25, -0.2) is 0 Å². The molecule has 0 N–H and O–H groups in total. The Labute approximate surface area is 121 Å². The van der Waals surface area contributed by atoms with E-state index >= 15 is 0 Å². The number of hydrogen-bond acceptors (Lipinski definition) is 1. The Hall–Kier alpha value is -0.0400. The molecule has 2 rings (SSSR count). The smallest absolute Gasteiger partial charge is 0.0154 e. The quantitative estimate of drug-likeness (QED) is 0.578. The van der Waals surface area contributed by atoms with E-state index < -0.39 is 0 Å². The summed E-state index contributed by atoms with van der Waals surface area (Å²) in [6, 6.07) is 0.749. The van der Waals surface area contributed by atoms with E-state index in [0.29, 0.717) is 16.4 Å². The fraction of sp³-hybridized carbons (Fsp3) is 1.00. The van der Waals surface area contributed by atoms with Gasteiger partial charge in [0.2, 0.25) is 0 Å². The van der Waals surface area contributed by atoms with E-state index in [1.54, 1.807) is 0 Å². The Balaban J connectivity index is 2.20. The minimum absolute atomic E-state index is 0.314. The molecule has 1 atom stereocenters. The minimum Gasteiger partial charge on any atom is -0.295 e. The second kappa shape index (κ2) is 5.06. The molecular formula is C18H35N. The van der Waals surface area contributed by atoms with Gasteiger partial charge >= 0.3 is 0 Å². The zero-order valence-electron chi connectivity index (χ0n) is 14.2. The number of nitrogens with zero attached hydrogens (tertiary/aromatic N) is 1. The van der Waals surface area contributed by atoms with Crippen molar-refractivity contribution >= 4 is 0 Å². The molecule has 0 aromatic carbocycles. The van der Waals surface area contributed by atoms with Gasteiger partial charge in [0.05, 0.1) is 0 Å². The highest BCUT2D eigenvalue weighted by atomic mass is 15.2. The lowest BCUT2D eigenvalue weighted by atomic mass is 9.62. The average Bonchev–Trinajstić information content (AvgIpc) is 2.27. The van der Waals surface area contributed by atoms with Gasteiger partial charge in [0.25, 0.3) is 0 Å². The molecule has 1 unspecified atom stereocenters. The molecule has 1 nitrogen and oxygen atoms in total. The standard InChI is InChI=1S/C18H35N/c1-16(2,3)15-14-18(10-8-7-9-11-18)12-13-19(15)17(4,5)6/h15H,7-14H2,1-6H3. The van der Waals surface area contributed by atoms with Crippen LogP contribution in [0.1, 0.15) is 86.5 Å². The van der Waals surface area contributed by atoms with Crippen LogP contribution in [-0.2, 0) is 0 Å². The summed E-state index contributed by atoms with van der Waals surface area (Å²) in [5.41, 5.74) is 1.41. The number of hydrogen-bond donors (Lipinski definition) is 0. The van der Waals surface area contributed by atoms with Crippen LogP contribution >= 0.6 is 0 Å². The third-order valence-electron chi connectivity index (χ3n) is 5.66. The summed E-state index contributed by atoms with van der Waals surface area (Å²) in [5, 5.41) is 0. The molecule has 1 saturated carbocycles. The molecule has 19 heavy (non-hydrogen) atoms. The monoisotopic (exact) mass is 265 g/mol. The van der Waals surface area contributed by atoms with Crippen molar-refractivity contribution in [3.8, 4) is 0 Å². The highest BCUT2D eigenvalue weighted by Gasteiger charge is 2.46. The van der Waals surface area contributed by atoms with Crippen LogP contribution in [0, 0.1) is 10.8 Å². The zero-order chi connectivity index (χ0) is 14.3. The highest BCUT2D eigenvalue weighted by molar-refractivity contribution is 5.00. The lowest BCUT2D eigenvalue weighted by Gasteiger charge is -2.56. The second-order valence-electron chi connectivity index (χ2n) is 9.26. The Morgan fingerprint density at radius 2 is 1.42 bits per heavy atom. The van der Waals surface area contributed by atoms with E-state index in [1.807, 2.05) is 0 Å². The van der Waals surface area contributed by atoms with Crippen molar-refractivity contribution in [1.82, 2.24) is 4.90 Å². The maximum Gasteiger partial charge on any atom is 0.0154 e. The largest absolute Gasteiger partial charge is 0.295 e. The summed E-state index contributed by atoms with van der Waals surface area (Å²) in [6.07, 6.45) is 10.3. The summed E-state index contributed by atoms with van der Waals surface area (Å²) in [6.45, 7) is 15.8.